The van der Waals surface area contributed by atoms with Crippen LogP contribution >= 0.6 is 11.8 Å². The van der Waals surface area contributed by atoms with Crippen LogP contribution < -0.4 is 0 Å². The lowest BCUT2D eigenvalue weighted by atomic mass is 10.2. The van der Waals surface area contributed by atoms with Crippen molar-refractivity contribution in [2.45, 2.75) is 26.4 Å². The number of hydrogen-bond donors (Lipinski definition) is 0. The van der Waals surface area contributed by atoms with Crippen molar-refractivity contribution in [3.05, 3.63) is 22.4 Å². The molecule has 0 saturated carbocycles. The lowest BCUT2D eigenvalue weighted by Gasteiger charge is -2.32. The van der Waals surface area contributed by atoms with Gasteiger partial charge in [0.25, 0.3) is 0 Å². The minimum atomic E-state index is -0.221. The van der Waals surface area contributed by atoms with E-state index in [1.54, 1.807) is 17.8 Å². The predicted octanol–water partition coefficient (Wildman–Crippen LogP) is 1.26. The molecule has 0 unspecified atom stereocenters. The largest absolute Gasteiger partial charge is 0.460 e. The first-order valence-electron chi connectivity index (χ1n) is 8.48. The minimum Gasteiger partial charge on any atom is -0.460 e. The number of piperazine rings is 1. The molecule has 0 N–H and O–H groups in total. The van der Waals surface area contributed by atoms with Crippen LogP contribution in [0, 0.1) is 0 Å². The molecule has 0 aliphatic carbocycles. The van der Waals surface area contributed by atoms with E-state index in [-0.39, 0.29) is 18.0 Å². The van der Waals surface area contributed by atoms with Crippen molar-refractivity contribution in [3.8, 4) is 0 Å². The Labute approximate surface area is 147 Å². The third-order valence-electron chi connectivity index (χ3n) is 4.49. The maximum absolute atomic E-state index is 12.5. The van der Waals surface area contributed by atoms with Crippen molar-refractivity contribution in [1.29, 1.82) is 0 Å². The molecule has 0 aromatic heterocycles. The first-order valence-corrected chi connectivity index (χ1v) is 9.46. The van der Waals surface area contributed by atoms with E-state index in [2.05, 4.69) is 16.8 Å². The van der Waals surface area contributed by atoms with E-state index in [9.17, 15) is 9.59 Å². The molecule has 0 aromatic rings. The lowest BCUT2D eigenvalue weighted by molar-refractivity contribution is -0.142. The summed E-state index contributed by atoms with van der Waals surface area (Å²) >= 11 is 1.63. The molecular weight excluding hydrogens is 326 g/mol. The second-order valence-corrected chi connectivity index (χ2v) is 7.66. The Balaban J connectivity index is 1.68. The molecule has 0 bridgehead atoms. The van der Waals surface area contributed by atoms with Crippen LogP contribution in [0.3, 0.4) is 0 Å². The number of hydrogen-bond acceptors (Lipinski definition) is 6. The summed E-state index contributed by atoms with van der Waals surface area (Å²) in [5.74, 6) is 0.604. The maximum atomic E-state index is 12.5. The normalized spacial score (nSPS) is 23.4. The van der Waals surface area contributed by atoms with Gasteiger partial charge in [-0.1, -0.05) is 0 Å². The summed E-state index contributed by atoms with van der Waals surface area (Å²) in [6.07, 6.45) is 2.33. The summed E-state index contributed by atoms with van der Waals surface area (Å²) in [6.45, 7) is 7.87. The van der Waals surface area contributed by atoms with Crippen LogP contribution in [-0.4, -0.2) is 78.2 Å². The van der Waals surface area contributed by atoms with Gasteiger partial charge in [-0.2, -0.15) is 0 Å². The van der Waals surface area contributed by atoms with Crippen LogP contribution in [0.25, 0.3) is 0 Å². The summed E-state index contributed by atoms with van der Waals surface area (Å²) in [5, 5.41) is 0.970. The van der Waals surface area contributed by atoms with Gasteiger partial charge in [-0.25, -0.2) is 4.79 Å². The van der Waals surface area contributed by atoms with E-state index in [4.69, 9.17) is 4.74 Å². The molecule has 3 aliphatic heterocycles. The molecular formula is C17H25N3O3S. The second-order valence-electron chi connectivity index (χ2n) is 6.69. The van der Waals surface area contributed by atoms with Gasteiger partial charge in [0.1, 0.15) is 0 Å². The predicted molar refractivity (Wildman–Crippen MR) is 94.2 cm³/mol. The van der Waals surface area contributed by atoms with E-state index in [0.29, 0.717) is 6.42 Å². The third-order valence-corrected chi connectivity index (χ3v) is 5.67. The van der Waals surface area contributed by atoms with E-state index >= 15 is 0 Å². The molecule has 2 saturated heterocycles. The van der Waals surface area contributed by atoms with Crippen molar-refractivity contribution in [2.24, 2.45) is 0 Å². The number of carbonyl (C=O) groups excluding carboxylic acids is 2. The monoisotopic (exact) mass is 351 g/mol. The van der Waals surface area contributed by atoms with Crippen LogP contribution in [0.4, 0.5) is 0 Å². The first-order chi connectivity index (χ1) is 11.5. The molecule has 3 heterocycles. The SMILES string of the molecule is CC(C)OC(=O)C1=C2SC/C(=C\C(=O)N3CCN(C)CC3)N2CC1. The fourth-order valence-electron chi connectivity index (χ4n) is 3.11. The molecule has 2 fully saturated rings. The van der Waals surface area contributed by atoms with Crippen LogP contribution in [0.1, 0.15) is 20.3 Å². The number of ether oxygens (including phenoxy) is 1. The Bertz CT molecular complexity index is 592. The van der Waals surface area contributed by atoms with Crippen LogP contribution in [0.15, 0.2) is 22.4 Å². The molecule has 0 radical (unpaired) electrons. The first kappa shape index (κ1) is 17.4. The highest BCUT2D eigenvalue weighted by Gasteiger charge is 2.35. The summed E-state index contributed by atoms with van der Waals surface area (Å²) in [5.41, 5.74) is 1.76. The van der Waals surface area contributed by atoms with Crippen LogP contribution in [0.2, 0.25) is 0 Å². The Hall–Kier alpha value is -1.47. The molecule has 0 spiro atoms. The van der Waals surface area contributed by atoms with Gasteiger partial charge in [0.15, 0.2) is 0 Å². The highest BCUT2D eigenvalue weighted by atomic mass is 32.2. The van der Waals surface area contributed by atoms with Gasteiger partial charge >= 0.3 is 5.97 Å². The summed E-state index contributed by atoms with van der Waals surface area (Å²) in [6, 6.07) is 0. The number of thioether (sulfide) groups is 1. The van der Waals surface area contributed by atoms with Crippen LogP contribution in [0.5, 0.6) is 0 Å². The van der Waals surface area contributed by atoms with Gasteiger partial charge in [0, 0.05) is 56.7 Å². The summed E-state index contributed by atoms with van der Waals surface area (Å²) < 4.78 is 5.33. The Morgan fingerprint density at radius 3 is 2.54 bits per heavy atom. The van der Waals surface area contributed by atoms with Crippen molar-refractivity contribution in [1.82, 2.24) is 14.7 Å². The van der Waals surface area contributed by atoms with Gasteiger partial charge < -0.3 is 19.4 Å². The molecule has 0 aromatic carbocycles. The fourth-order valence-corrected chi connectivity index (χ4v) is 4.36. The van der Waals surface area contributed by atoms with Gasteiger partial charge in [-0.15, -0.1) is 11.8 Å². The highest BCUT2D eigenvalue weighted by Crippen LogP contribution is 2.42. The Morgan fingerprint density at radius 2 is 1.88 bits per heavy atom. The van der Waals surface area contributed by atoms with E-state index in [1.807, 2.05) is 18.7 Å². The zero-order valence-corrected chi connectivity index (χ0v) is 15.4. The summed E-state index contributed by atoms with van der Waals surface area (Å²) in [7, 11) is 2.08. The fraction of sp³-hybridized carbons (Fsp3) is 0.647. The molecule has 3 rings (SSSR count). The number of likely N-dealkylation sites (N-methyl/N-ethyl adjacent to an activating group) is 1. The summed E-state index contributed by atoms with van der Waals surface area (Å²) in [4.78, 5) is 30.9. The number of amides is 1. The standard InChI is InChI=1S/C17H25N3O3S/c1-12(2)23-17(22)14-4-5-20-13(11-24-16(14)20)10-15(21)19-8-6-18(3)7-9-19/h10,12H,4-9,11H2,1-3H3/b13-10+. The van der Waals surface area contributed by atoms with E-state index in [0.717, 1.165) is 54.8 Å². The quantitative estimate of drug-likeness (QED) is 0.564. The molecule has 6 nitrogen and oxygen atoms in total. The number of carbonyl (C=O) groups is 2. The molecule has 1 amide bonds. The number of fused-ring (bicyclic) bond motifs is 1. The molecule has 24 heavy (non-hydrogen) atoms. The van der Waals surface area contributed by atoms with Crippen molar-refractivity contribution in [2.75, 3.05) is 45.5 Å². The van der Waals surface area contributed by atoms with Crippen molar-refractivity contribution in [3.63, 3.8) is 0 Å². The average molecular weight is 351 g/mol. The van der Waals surface area contributed by atoms with E-state index in [1.165, 1.54) is 0 Å². The van der Waals surface area contributed by atoms with Crippen LogP contribution in [-0.2, 0) is 14.3 Å². The van der Waals surface area contributed by atoms with E-state index < -0.39 is 0 Å². The zero-order valence-electron chi connectivity index (χ0n) is 14.6. The van der Waals surface area contributed by atoms with Gasteiger partial charge in [0.05, 0.1) is 16.7 Å². The second kappa shape index (κ2) is 7.19. The highest BCUT2D eigenvalue weighted by molar-refractivity contribution is 8.03. The number of nitrogens with zero attached hydrogens (tertiary/aromatic N) is 3. The zero-order chi connectivity index (χ0) is 17.3. The van der Waals surface area contributed by atoms with Gasteiger partial charge in [-0.05, 0) is 20.9 Å². The number of rotatable bonds is 3. The van der Waals surface area contributed by atoms with Crippen molar-refractivity contribution >= 4 is 23.6 Å². The Kier molecular flexibility index (Phi) is 5.20. The smallest absolute Gasteiger partial charge is 0.336 e. The third kappa shape index (κ3) is 3.62. The number of esters is 1. The molecule has 7 heteroatoms. The van der Waals surface area contributed by atoms with Gasteiger partial charge in [0.2, 0.25) is 5.91 Å². The average Bonchev–Trinajstić information content (AvgIpc) is 3.10. The minimum absolute atomic E-state index is 0.0816. The molecule has 132 valence electrons. The topological polar surface area (TPSA) is 53.1 Å². The van der Waals surface area contributed by atoms with Crippen molar-refractivity contribution < 1.29 is 14.3 Å². The Morgan fingerprint density at radius 1 is 1.17 bits per heavy atom. The lowest BCUT2D eigenvalue weighted by Crippen LogP contribution is -2.46. The van der Waals surface area contributed by atoms with Gasteiger partial charge in [-0.3, -0.25) is 4.79 Å². The maximum Gasteiger partial charge on any atom is 0.336 e. The molecule has 0 atom stereocenters. The molecule has 3 aliphatic rings.